The van der Waals surface area contributed by atoms with Crippen LogP contribution in [0, 0.1) is 0 Å². The first kappa shape index (κ1) is 10.7. The predicted octanol–water partition coefficient (Wildman–Crippen LogP) is 2.50. The van der Waals surface area contributed by atoms with Crippen LogP contribution in [0.3, 0.4) is 0 Å². The van der Waals surface area contributed by atoms with Crippen molar-refractivity contribution in [2.45, 2.75) is 39.0 Å². The maximum Gasteiger partial charge on any atom is 0.158 e. The summed E-state index contributed by atoms with van der Waals surface area (Å²) in [6.45, 7) is 2.38. The van der Waals surface area contributed by atoms with Crippen LogP contribution in [-0.4, -0.2) is 18.0 Å². The van der Waals surface area contributed by atoms with Crippen molar-refractivity contribution < 1.29 is 4.79 Å². The molecule has 0 N–H and O–H groups in total. The van der Waals surface area contributed by atoms with Gasteiger partial charge in [-0.1, -0.05) is 12.1 Å². The zero-order valence-corrected chi connectivity index (χ0v) is 10.3. The fourth-order valence-electron chi connectivity index (χ4n) is 2.99. The van der Waals surface area contributed by atoms with E-state index in [1.54, 1.807) is 0 Å². The van der Waals surface area contributed by atoms with E-state index >= 15 is 0 Å². The van der Waals surface area contributed by atoms with E-state index in [0.29, 0.717) is 13.0 Å². The highest BCUT2D eigenvalue weighted by atomic mass is 16.1. The Morgan fingerprint density at radius 1 is 1.12 bits per heavy atom. The van der Waals surface area contributed by atoms with Gasteiger partial charge in [0.1, 0.15) is 0 Å². The number of rotatable bonds is 0. The van der Waals surface area contributed by atoms with Gasteiger partial charge in [-0.2, -0.15) is 0 Å². The molecule has 0 aromatic heterocycles. The molecule has 88 valence electrons. The molecular weight excluding hydrogens is 210 g/mol. The Morgan fingerprint density at radius 3 is 2.82 bits per heavy atom. The second-order valence-corrected chi connectivity index (χ2v) is 5.05. The van der Waals surface area contributed by atoms with Gasteiger partial charge in [0.2, 0.25) is 0 Å². The maximum absolute atomic E-state index is 11.8. The Morgan fingerprint density at radius 2 is 1.94 bits per heavy atom. The molecule has 0 spiro atoms. The number of aliphatic imine (C=N–C) groups is 1. The number of aryl methyl sites for hydroxylation is 1. The minimum atomic E-state index is 0.252. The molecule has 2 aliphatic rings. The lowest BCUT2D eigenvalue weighted by atomic mass is 9.84. The molecule has 0 atom stereocenters. The van der Waals surface area contributed by atoms with Crippen LogP contribution in [0.5, 0.6) is 0 Å². The van der Waals surface area contributed by atoms with Crippen molar-refractivity contribution >= 4 is 11.5 Å². The van der Waals surface area contributed by atoms with E-state index in [2.05, 4.69) is 17.1 Å². The first-order valence-electron chi connectivity index (χ1n) is 6.42. The summed E-state index contributed by atoms with van der Waals surface area (Å²) in [5.74, 6) is 0.252. The third-order valence-electron chi connectivity index (χ3n) is 3.91. The smallest absolute Gasteiger partial charge is 0.158 e. The summed E-state index contributed by atoms with van der Waals surface area (Å²) in [5, 5.41) is 0. The van der Waals surface area contributed by atoms with Crippen LogP contribution in [0.15, 0.2) is 17.1 Å². The fraction of sp³-hybridized carbons (Fsp3) is 0.467. The van der Waals surface area contributed by atoms with Gasteiger partial charge in [0.15, 0.2) is 5.78 Å². The highest BCUT2D eigenvalue weighted by Gasteiger charge is 2.21. The van der Waals surface area contributed by atoms with Crippen LogP contribution >= 0.6 is 0 Å². The van der Waals surface area contributed by atoms with Crippen molar-refractivity contribution in [3.8, 4) is 0 Å². The molecule has 1 aromatic carbocycles. The Hall–Kier alpha value is -1.44. The van der Waals surface area contributed by atoms with Crippen molar-refractivity contribution in [3.05, 3.63) is 34.4 Å². The molecule has 1 aliphatic heterocycles. The van der Waals surface area contributed by atoms with Gasteiger partial charge in [-0.05, 0) is 54.9 Å². The second kappa shape index (κ2) is 4.10. The number of Topliss-reactive ketones (excluding diaryl/α,β-unsaturated/α-hetero) is 1. The van der Waals surface area contributed by atoms with E-state index in [9.17, 15) is 4.79 Å². The minimum absolute atomic E-state index is 0.252. The van der Waals surface area contributed by atoms with Crippen molar-refractivity contribution in [1.82, 2.24) is 0 Å². The predicted molar refractivity (Wildman–Crippen MR) is 68.9 cm³/mol. The molecule has 0 fully saturated rings. The average Bonchev–Trinajstić information content (AvgIpc) is 2.50. The van der Waals surface area contributed by atoms with E-state index in [1.807, 2.05) is 6.92 Å². The highest BCUT2D eigenvalue weighted by molar-refractivity contribution is 6.04. The lowest BCUT2D eigenvalue weighted by Gasteiger charge is -2.21. The molecule has 1 aromatic rings. The Labute approximate surface area is 102 Å². The third-order valence-corrected chi connectivity index (χ3v) is 3.91. The molecule has 0 radical (unpaired) electrons. The summed E-state index contributed by atoms with van der Waals surface area (Å²) in [6.07, 6.45) is 5.44. The normalized spacial score (nSPS) is 19.1. The molecule has 2 heteroatoms. The van der Waals surface area contributed by atoms with Gasteiger partial charge in [-0.3, -0.25) is 9.79 Å². The van der Waals surface area contributed by atoms with E-state index in [4.69, 9.17) is 0 Å². The number of carbonyl (C=O) groups is 1. The largest absolute Gasteiger partial charge is 0.297 e. The van der Waals surface area contributed by atoms with E-state index in [-0.39, 0.29) is 5.78 Å². The van der Waals surface area contributed by atoms with Crippen molar-refractivity contribution in [1.29, 1.82) is 0 Å². The molecular formula is C15H17NO. The zero-order valence-electron chi connectivity index (χ0n) is 10.3. The number of ketones is 1. The standard InChI is InChI=1S/C15H17NO/c1-10-13-7-6-11-4-2-3-5-14(11)15(13)8-12(17)9-16-10/h6-7H,2-5,8-9H2,1H3. The molecule has 0 saturated heterocycles. The number of hydrogen-bond acceptors (Lipinski definition) is 2. The summed E-state index contributed by atoms with van der Waals surface area (Å²) in [5.41, 5.74) is 6.40. The SMILES string of the molecule is CC1=NCC(=O)Cc2c1ccc1c2CCCC1. The number of hydrogen-bond donors (Lipinski definition) is 0. The molecule has 1 aliphatic carbocycles. The summed E-state index contributed by atoms with van der Waals surface area (Å²) < 4.78 is 0. The van der Waals surface area contributed by atoms with Crippen LogP contribution in [-0.2, 0) is 24.1 Å². The van der Waals surface area contributed by atoms with E-state index < -0.39 is 0 Å². The molecule has 0 saturated carbocycles. The molecule has 0 bridgehead atoms. The Kier molecular flexibility index (Phi) is 2.58. The van der Waals surface area contributed by atoms with Crippen LogP contribution in [0.4, 0.5) is 0 Å². The molecule has 3 rings (SSSR count). The van der Waals surface area contributed by atoms with Crippen LogP contribution in [0.25, 0.3) is 0 Å². The number of carbonyl (C=O) groups excluding carboxylic acids is 1. The summed E-state index contributed by atoms with van der Waals surface area (Å²) >= 11 is 0. The highest BCUT2D eigenvalue weighted by Crippen LogP contribution is 2.29. The van der Waals surface area contributed by atoms with Gasteiger partial charge < -0.3 is 0 Å². The van der Waals surface area contributed by atoms with Gasteiger partial charge in [-0.15, -0.1) is 0 Å². The van der Waals surface area contributed by atoms with Gasteiger partial charge in [0.25, 0.3) is 0 Å². The second-order valence-electron chi connectivity index (χ2n) is 5.05. The van der Waals surface area contributed by atoms with E-state index in [1.165, 1.54) is 41.5 Å². The lowest BCUT2D eigenvalue weighted by molar-refractivity contribution is -0.117. The van der Waals surface area contributed by atoms with Gasteiger partial charge in [0, 0.05) is 12.1 Å². The Balaban J connectivity index is 2.19. The number of benzene rings is 1. The van der Waals surface area contributed by atoms with Gasteiger partial charge in [-0.25, -0.2) is 0 Å². The number of nitrogens with zero attached hydrogens (tertiary/aromatic N) is 1. The molecule has 0 unspecified atom stereocenters. The third kappa shape index (κ3) is 1.82. The molecule has 17 heavy (non-hydrogen) atoms. The topological polar surface area (TPSA) is 29.4 Å². The van der Waals surface area contributed by atoms with Crippen molar-refractivity contribution in [3.63, 3.8) is 0 Å². The zero-order chi connectivity index (χ0) is 11.8. The molecule has 2 nitrogen and oxygen atoms in total. The van der Waals surface area contributed by atoms with Crippen molar-refractivity contribution in [2.24, 2.45) is 4.99 Å². The molecule has 1 heterocycles. The van der Waals surface area contributed by atoms with E-state index in [0.717, 1.165) is 12.1 Å². The summed E-state index contributed by atoms with van der Waals surface area (Å²) in [7, 11) is 0. The monoisotopic (exact) mass is 227 g/mol. The Bertz CT molecular complexity index is 514. The van der Waals surface area contributed by atoms with Crippen molar-refractivity contribution in [2.75, 3.05) is 6.54 Å². The van der Waals surface area contributed by atoms with Gasteiger partial charge in [0.05, 0.1) is 6.54 Å². The lowest BCUT2D eigenvalue weighted by Crippen LogP contribution is -2.13. The number of fused-ring (bicyclic) bond motifs is 3. The fourth-order valence-corrected chi connectivity index (χ4v) is 2.99. The summed E-state index contributed by atoms with van der Waals surface area (Å²) in [6, 6.07) is 4.40. The molecule has 0 amide bonds. The first-order valence-corrected chi connectivity index (χ1v) is 6.42. The first-order chi connectivity index (χ1) is 8.25. The minimum Gasteiger partial charge on any atom is -0.297 e. The summed E-state index contributed by atoms with van der Waals surface area (Å²) in [4.78, 5) is 16.1. The quantitative estimate of drug-likeness (QED) is 0.669. The average molecular weight is 227 g/mol. The van der Waals surface area contributed by atoms with Crippen LogP contribution in [0.2, 0.25) is 0 Å². The van der Waals surface area contributed by atoms with Crippen LogP contribution in [0.1, 0.15) is 42.0 Å². The van der Waals surface area contributed by atoms with Crippen LogP contribution < -0.4 is 0 Å². The van der Waals surface area contributed by atoms with Gasteiger partial charge >= 0.3 is 0 Å². The maximum atomic E-state index is 11.8.